The van der Waals surface area contributed by atoms with Gasteiger partial charge in [-0.25, -0.2) is 8.78 Å². The summed E-state index contributed by atoms with van der Waals surface area (Å²) in [5, 5.41) is 0. The number of rotatable bonds is 0. The van der Waals surface area contributed by atoms with E-state index in [4.69, 9.17) is 5.73 Å². The summed E-state index contributed by atoms with van der Waals surface area (Å²) in [6.45, 7) is 0. The van der Waals surface area contributed by atoms with Gasteiger partial charge in [-0.2, -0.15) is 0 Å². The average molecular weight is 133 g/mol. The zero-order valence-corrected chi connectivity index (χ0v) is 4.98. The Morgan fingerprint density at radius 1 is 1.22 bits per heavy atom. The van der Waals surface area contributed by atoms with Crippen molar-refractivity contribution >= 4 is 0 Å². The number of fused-ring (bicyclic) bond motifs is 1. The molecule has 0 amide bonds. The maximum atomic E-state index is 12.3. The molecule has 0 bridgehead atoms. The zero-order chi connectivity index (χ0) is 6.65. The second kappa shape index (κ2) is 1.29. The third kappa shape index (κ3) is 0.674. The summed E-state index contributed by atoms with van der Waals surface area (Å²) in [6.07, 6.45) is 0.0810. The maximum Gasteiger partial charge on any atom is 0.248 e. The number of halogens is 2. The first kappa shape index (κ1) is 5.59. The summed E-state index contributed by atoms with van der Waals surface area (Å²) in [6, 6.07) is 0.102. The van der Waals surface area contributed by atoms with Crippen LogP contribution >= 0.6 is 0 Å². The first-order valence-corrected chi connectivity index (χ1v) is 3.23. The molecule has 2 rings (SSSR count). The Bertz CT molecular complexity index is 132. The van der Waals surface area contributed by atoms with Gasteiger partial charge in [0.1, 0.15) is 0 Å². The van der Waals surface area contributed by atoms with Crippen molar-refractivity contribution in [2.45, 2.75) is 24.8 Å². The average Bonchev–Trinajstić information content (AvgIpc) is 2.26. The van der Waals surface area contributed by atoms with Gasteiger partial charge < -0.3 is 5.73 Å². The minimum atomic E-state index is -2.38. The number of hydrogen-bond acceptors (Lipinski definition) is 1. The van der Waals surface area contributed by atoms with Gasteiger partial charge in [0.2, 0.25) is 5.92 Å². The van der Waals surface area contributed by atoms with Crippen LogP contribution in [-0.2, 0) is 0 Å². The molecule has 0 aromatic rings. The van der Waals surface area contributed by atoms with Crippen molar-refractivity contribution in [1.82, 2.24) is 0 Å². The van der Waals surface area contributed by atoms with Crippen LogP contribution in [-0.4, -0.2) is 12.0 Å². The van der Waals surface area contributed by atoms with Gasteiger partial charge in [-0.15, -0.1) is 0 Å². The van der Waals surface area contributed by atoms with E-state index in [0.29, 0.717) is 0 Å². The molecule has 9 heavy (non-hydrogen) atoms. The van der Waals surface area contributed by atoms with E-state index in [-0.39, 0.29) is 30.7 Å². The summed E-state index contributed by atoms with van der Waals surface area (Å²) in [5.74, 6) is -2.08. The Morgan fingerprint density at radius 3 is 2.00 bits per heavy atom. The molecule has 2 N–H and O–H groups in total. The van der Waals surface area contributed by atoms with Crippen LogP contribution in [0.1, 0.15) is 12.8 Å². The fraction of sp³-hybridized carbons (Fsp3) is 1.00. The van der Waals surface area contributed by atoms with E-state index in [9.17, 15) is 8.78 Å². The Labute approximate surface area is 52.2 Å². The molecule has 2 aliphatic carbocycles. The van der Waals surface area contributed by atoms with Crippen LogP contribution in [0.3, 0.4) is 0 Å². The van der Waals surface area contributed by atoms with Crippen LogP contribution in [0.15, 0.2) is 0 Å². The zero-order valence-electron chi connectivity index (χ0n) is 4.98. The van der Waals surface area contributed by atoms with E-state index in [0.717, 1.165) is 0 Å². The van der Waals surface area contributed by atoms with Crippen LogP contribution in [0.25, 0.3) is 0 Å². The number of nitrogens with two attached hydrogens (primary N) is 1. The van der Waals surface area contributed by atoms with E-state index >= 15 is 0 Å². The molecule has 2 atom stereocenters. The third-order valence-electron chi connectivity index (χ3n) is 2.47. The molecule has 1 nitrogen and oxygen atoms in total. The molecule has 2 unspecified atom stereocenters. The molecule has 2 aliphatic rings. The molecule has 0 aromatic heterocycles. The predicted octanol–water partition coefficient (Wildman–Crippen LogP) is 0.989. The highest BCUT2D eigenvalue weighted by atomic mass is 19.3. The summed E-state index contributed by atoms with van der Waals surface area (Å²) in [4.78, 5) is 0. The molecule has 2 fully saturated rings. The van der Waals surface area contributed by atoms with Crippen molar-refractivity contribution in [2.24, 2.45) is 17.6 Å². The molecule has 0 radical (unpaired) electrons. The number of alkyl halides is 2. The fourth-order valence-electron chi connectivity index (χ4n) is 1.82. The third-order valence-corrected chi connectivity index (χ3v) is 2.47. The van der Waals surface area contributed by atoms with Gasteiger partial charge in [0.05, 0.1) is 0 Å². The van der Waals surface area contributed by atoms with Crippen molar-refractivity contribution in [3.05, 3.63) is 0 Å². The maximum absolute atomic E-state index is 12.3. The summed E-state index contributed by atoms with van der Waals surface area (Å²) < 4.78 is 24.7. The van der Waals surface area contributed by atoms with E-state index in [1.165, 1.54) is 0 Å². The molecule has 0 aromatic carbocycles. The van der Waals surface area contributed by atoms with Crippen molar-refractivity contribution in [3.63, 3.8) is 0 Å². The minimum absolute atomic E-state index is 0.0405. The quantitative estimate of drug-likeness (QED) is 0.524. The molecule has 52 valence electrons. The molecule has 0 spiro atoms. The molecule has 2 saturated carbocycles. The van der Waals surface area contributed by atoms with Crippen LogP contribution < -0.4 is 5.73 Å². The lowest BCUT2D eigenvalue weighted by molar-refractivity contribution is -0.00506. The number of hydrogen-bond donors (Lipinski definition) is 1. The monoisotopic (exact) mass is 133 g/mol. The SMILES string of the molecule is NC1C2CC(F)(F)CC12. The Morgan fingerprint density at radius 2 is 1.67 bits per heavy atom. The molecule has 0 heterocycles. The Balaban J connectivity index is 2.04. The molecular formula is C6H9F2N. The first-order valence-electron chi connectivity index (χ1n) is 3.23. The Kier molecular flexibility index (Phi) is 0.799. The lowest BCUT2D eigenvalue weighted by Gasteiger charge is -2.10. The lowest BCUT2D eigenvalue weighted by Crippen LogP contribution is -2.19. The normalized spacial score (nSPS) is 53.0. The summed E-state index contributed by atoms with van der Waals surface area (Å²) in [7, 11) is 0. The molecule has 0 saturated heterocycles. The predicted molar refractivity (Wildman–Crippen MR) is 29.1 cm³/mol. The van der Waals surface area contributed by atoms with Gasteiger partial charge in [-0.05, 0) is 11.8 Å². The molecule has 0 aliphatic heterocycles. The largest absolute Gasteiger partial charge is 0.327 e. The van der Waals surface area contributed by atoms with Crippen LogP contribution in [0, 0.1) is 11.8 Å². The van der Waals surface area contributed by atoms with Crippen molar-refractivity contribution in [1.29, 1.82) is 0 Å². The van der Waals surface area contributed by atoms with Crippen LogP contribution in [0.4, 0.5) is 8.78 Å². The smallest absolute Gasteiger partial charge is 0.248 e. The van der Waals surface area contributed by atoms with Gasteiger partial charge in [-0.3, -0.25) is 0 Å². The molecule has 3 heteroatoms. The van der Waals surface area contributed by atoms with Crippen molar-refractivity contribution < 1.29 is 8.78 Å². The van der Waals surface area contributed by atoms with Gasteiger partial charge in [0, 0.05) is 18.9 Å². The van der Waals surface area contributed by atoms with Gasteiger partial charge in [-0.1, -0.05) is 0 Å². The van der Waals surface area contributed by atoms with Gasteiger partial charge in [0.25, 0.3) is 0 Å². The Hall–Kier alpha value is -0.180. The highest BCUT2D eigenvalue weighted by Gasteiger charge is 2.61. The standard InChI is InChI=1S/C6H9F2N/c7-6(8)1-3-4(2-6)5(3)9/h3-5H,1-2,9H2. The van der Waals surface area contributed by atoms with E-state index in [1.807, 2.05) is 0 Å². The molecular weight excluding hydrogens is 124 g/mol. The highest BCUT2D eigenvalue weighted by Crippen LogP contribution is 2.56. The second-order valence-electron chi connectivity index (χ2n) is 3.17. The van der Waals surface area contributed by atoms with Crippen LogP contribution in [0.5, 0.6) is 0 Å². The van der Waals surface area contributed by atoms with Gasteiger partial charge >= 0.3 is 0 Å². The lowest BCUT2D eigenvalue weighted by atomic mass is 10.2. The van der Waals surface area contributed by atoms with E-state index < -0.39 is 5.92 Å². The summed E-state index contributed by atoms with van der Waals surface area (Å²) in [5.41, 5.74) is 5.46. The first-order chi connectivity index (χ1) is 4.10. The van der Waals surface area contributed by atoms with Crippen molar-refractivity contribution in [2.75, 3.05) is 0 Å². The topological polar surface area (TPSA) is 26.0 Å². The second-order valence-corrected chi connectivity index (χ2v) is 3.17. The van der Waals surface area contributed by atoms with E-state index in [1.54, 1.807) is 0 Å². The van der Waals surface area contributed by atoms with Crippen molar-refractivity contribution in [3.8, 4) is 0 Å². The van der Waals surface area contributed by atoms with Gasteiger partial charge in [0.15, 0.2) is 0 Å². The minimum Gasteiger partial charge on any atom is -0.327 e. The van der Waals surface area contributed by atoms with E-state index in [2.05, 4.69) is 0 Å². The summed E-state index contributed by atoms with van der Waals surface area (Å²) >= 11 is 0. The fourth-order valence-corrected chi connectivity index (χ4v) is 1.82. The highest BCUT2D eigenvalue weighted by molar-refractivity contribution is 5.09. The van der Waals surface area contributed by atoms with Crippen LogP contribution in [0.2, 0.25) is 0 Å².